The molecule has 0 bridgehead atoms. The predicted molar refractivity (Wildman–Crippen MR) is 70.5 cm³/mol. The monoisotopic (exact) mass is 314 g/mol. The quantitative estimate of drug-likeness (QED) is 0.850. The molecule has 98 valence electrons. The Morgan fingerprint density at radius 2 is 2.39 bits per heavy atom. The van der Waals surface area contributed by atoms with Crippen molar-refractivity contribution in [2.24, 2.45) is 0 Å². The van der Waals surface area contributed by atoms with Crippen LogP contribution in [0.5, 0.6) is 0 Å². The number of pyridine rings is 1. The molecule has 0 N–H and O–H groups in total. The van der Waals surface area contributed by atoms with Crippen molar-refractivity contribution in [2.75, 3.05) is 31.3 Å². The van der Waals surface area contributed by atoms with Crippen molar-refractivity contribution < 1.29 is 14.3 Å². The molecule has 0 spiro atoms. The van der Waals surface area contributed by atoms with Crippen LogP contribution in [0.2, 0.25) is 0 Å². The number of carbonyl (C=O) groups is 1. The van der Waals surface area contributed by atoms with Gasteiger partial charge in [0.05, 0.1) is 19.8 Å². The normalized spacial score (nSPS) is 19.6. The molecule has 0 unspecified atom stereocenters. The highest BCUT2D eigenvalue weighted by atomic mass is 79.9. The summed E-state index contributed by atoms with van der Waals surface area (Å²) in [5.41, 5.74) is 0. The van der Waals surface area contributed by atoms with Crippen LogP contribution >= 0.6 is 15.9 Å². The van der Waals surface area contributed by atoms with Crippen LogP contribution in [0.1, 0.15) is 6.92 Å². The Labute approximate surface area is 114 Å². The van der Waals surface area contributed by atoms with E-state index in [1.54, 1.807) is 17.2 Å². The summed E-state index contributed by atoms with van der Waals surface area (Å²) in [6.07, 6.45) is 1.15. The Kier molecular flexibility index (Phi) is 4.68. The number of hydrogen-bond donors (Lipinski definition) is 0. The highest BCUT2D eigenvalue weighted by Crippen LogP contribution is 2.17. The molecule has 1 aromatic heterocycles. The number of carbonyl (C=O) groups excluding carboxylic acids is 1. The van der Waals surface area contributed by atoms with Crippen LogP contribution in [0.25, 0.3) is 0 Å². The molecule has 1 aromatic rings. The number of nitrogens with zero attached hydrogens (tertiary/aromatic N) is 2. The van der Waals surface area contributed by atoms with Crippen molar-refractivity contribution >= 4 is 27.7 Å². The van der Waals surface area contributed by atoms with Gasteiger partial charge >= 0.3 is 0 Å². The Balaban J connectivity index is 2.12. The lowest BCUT2D eigenvalue weighted by atomic mass is 10.3. The second-order valence-electron chi connectivity index (χ2n) is 3.85. The van der Waals surface area contributed by atoms with Crippen molar-refractivity contribution in [3.05, 3.63) is 22.8 Å². The average molecular weight is 315 g/mol. The second kappa shape index (κ2) is 6.26. The third kappa shape index (κ3) is 3.07. The molecular formula is C12H15BrN2O3. The van der Waals surface area contributed by atoms with Crippen LogP contribution in [-0.2, 0) is 14.3 Å². The highest BCUT2D eigenvalue weighted by Gasteiger charge is 2.28. The summed E-state index contributed by atoms with van der Waals surface area (Å²) < 4.78 is 11.5. The summed E-state index contributed by atoms with van der Waals surface area (Å²) in [6.45, 7) is 3.78. The number of halogens is 1. The summed E-state index contributed by atoms with van der Waals surface area (Å²) in [5, 5.41) is 0. The molecule has 0 aliphatic carbocycles. The first-order chi connectivity index (χ1) is 8.72. The number of amides is 1. The Morgan fingerprint density at radius 1 is 1.56 bits per heavy atom. The first kappa shape index (κ1) is 13.5. The lowest BCUT2D eigenvalue weighted by molar-refractivity contribution is -0.144. The highest BCUT2D eigenvalue weighted by molar-refractivity contribution is 9.10. The van der Waals surface area contributed by atoms with Gasteiger partial charge in [0, 0.05) is 17.2 Å². The number of ether oxygens (including phenoxy) is 2. The standard InChI is InChI=1S/C12H15BrN2O3/c1-2-15(11-4-3-9(13)7-14-11)12(16)10-8-17-5-6-18-10/h3-4,7,10H,2,5-6,8H2,1H3/t10-/m0/s1. The Bertz CT molecular complexity index is 404. The summed E-state index contributed by atoms with van der Waals surface area (Å²) >= 11 is 3.32. The molecular weight excluding hydrogens is 300 g/mol. The van der Waals surface area contributed by atoms with Gasteiger partial charge in [-0.05, 0) is 35.0 Å². The smallest absolute Gasteiger partial charge is 0.259 e. The van der Waals surface area contributed by atoms with Gasteiger partial charge in [-0.15, -0.1) is 0 Å². The molecule has 0 saturated carbocycles. The van der Waals surface area contributed by atoms with Crippen molar-refractivity contribution in [3.63, 3.8) is 0 Å². The van der Waals surface area contributed by atoms with E-state index in [4.69, 9.17) is 9.47 Å². The second-order valence-corrected chi connectivity index (χ2v) is 4.77. The van der Waals surface area contributed by atoms with Gasteiger partial charge in [-0.1, -0.05) is 0 Å². The summed E-state index contributed by atoms with van der Waals surface area (Å²) in [5.74, 6) is 0.520. The topological polar surface area (TPSA) is 51.7 Å². The van der Waals surface area contributed by atoms with Gasteiger partial charge in [-0.2, -0.15) is 0 Å². The SMILES string of the molecule is CCN(C(=O)[C@@H]1COCCO1)c1ccc(Br)cn1. The fourth-order valence-corrected chi connectivity index (χ4v) is 2.00. The maximum absolute atomic E-state index is 12.3. The molecule has 1 aliphatic rings. The number of likely N-dealkylation sites (N-methyl/N-ethyl adjacent to an activating group) is 1. The van der Waals surface area contributed by atoms with E-state index in [0.717, 1.165) is 4.47 Å². The van der Waals surface area contributed by atoms with Crippen molar-refractivity contribution in [2.45, 2.75) is 13.0 Å². The molecule has 1 amide bonds. The van der Waals surface area contributed by atoms with E-state index < -0.39 is 6.10 Å². The minimum Gasteiger partial charge on any atom is -0.376 e. The van der Waals surface area contributed by atoms with Gasteiger partial charge in [-0.3, -0.25) is 9.69 Å². The van der Waals surface area contributed by atoms with Gasteiger partial charge in [0.2, 0.25) is 0 Å². The van der Waals surface area contributed by atoms with Crippen LogP contribution in [0.3, 0.4) is 0 Å². The predicted octanol–water partition coefficient (Wildman–Crippen LogP) is 1.61. The van der Waals surface area contributed by atoms with Crippen LogP contribution in [0.4, 0.5) is 5.82 Å². The summed E-state index contributed by atoms with van der Waals surface area (Å²) in [4.78, 5) is 18.1. The molecule has 0 aromatic carbocycles. The number of rotatable bonds is 3. The van der Waals surface area contributed by atoms with Crippen LogP contribution in [0, 0.1) is 0 Å². The van der Waals surface area contributed by atoms with E-state index in [0.29, 0.717) is 32.2 Å². The van der Waals surface area contributed by atoms with E-state index in [1.807, 2.05) is 13.0 Å². The third-order valence-electron chi connectivity index (χ3n) is 2.66. The number of anilines is 1. The number of hydrogen-bond acceptors (Lipinski definition) is 4. The van der Waals surface area contributed by atoms with E-state index in [1.165, 1.54) is 0 Å². The van der Waals surface area contributed by atoms with Crippen molar-refractivity contribution in [1.29, 1.82) is 0 Å². The van der Waals surface area contributed by atoms with E-state index in [9.17, 15) is 4.79 Å². The number of aromatic nitrogens is 1. The van der Waals surface area contributed by atoms with Crippen LogP contribution < -0.4 is 4.90 Å². The Hall–Kier alpha value is -0.980. The minimum atomic E-state index is -0.524. The molecule has 1 fully saturated rings. The molecule has 0 radical (unpaired) electrons. The zero-order chi connectivity index (χ0) is 13.0. The van der Waals surface area contributed by atoms with E-state index >= 15 is 0 Å². The van der Waals surface area contributed by atoms with Crippen molar-refractivity contribution in [3.8, 4) is 0 Å². The third-order valence-corrected chi connectivity index (χ3v) is 3.13. The zero-order valence-electron chi connectivity index (χ0n) is 10.1. The van der Waals surface area contributed by atoms with Crippen molar-refractivity contribution in [1.82, 2.24) is 4.98 Å². The molecule has 1 aliphatic heterocycles. The minimum absolute atomic E-state index is 0.105. The van der Waals surface area contributed by atoms with E-state index in [2.05, 4.69) is 20.9 Å². The van der Waals surface area contributed by atoms with Gasteiger partial charge in [-0.25, -0.2) is 4.98 Å². The molecule has 18 heavy (non-hydrogen) atoms. The zero-order valence-corrected chi connectivity index (χ0v) is 11.7. The van der Waals surface area contributed by atoms with Crippen LogP contribution in [0.15, 0.2) is 22.8 Å². The molecule has 1 atom stereocenters. The molecule has 6 heteroatoms. The molecule has 1 saturated heterocycles. The molecule has 5 nitrogen and oxygen atoms in total. The largest absolute Gasteiger partial charge is 0.376 e. The maximum Gasteiger partial charge on any atom is 0.259 e. The van der Waals surface area contributed by atoms with Gasteiger partial charge in [0.1, 0.15) is 5.82 Å². The first-order valence-corrected chi connectivity index (χ1v) is 6.64. The first-order valence-electron chi connectivity index (χ1n) is 5.84. The Morgan fingerprint density at radius 3 is 2.94 bits per heavy atom. The van der Waals surface area contributed by atoms with Crippen LogP contribution in [-0.4, -0.2) is 43.4 Å². The van der Waals surface area contributed by atoms with E-state index in [-0.39, 0.29) is 5.91 Å². The lowest BCUT2D eigenvalue weighted by Gasteiger charge is -2.28. The molecule has 2 rings (SSSR count). The average Bonchev–Trinajstić information content (AvgIpc) is 2.42. The fraction of sp³-hybridized carbons (Fsp3) is 0.500. The molecule has 2 heterocycles. The van der Waals surface area contributed by atoms with Gasteiger partial charge in [0.15, 0.2) is 6.10 Å². The fourth-order valence-electron chi connectivity index (χ4n) is 1.76. The summed E-state index contributed by atoms with van der Waals surface area (Å²) in [6, 6.07) is 3.66. The van der Waals surface area contributed by atoms with Gasteiger partial charge in [0.25, 0.3) is 5.91 Å². The summed E-state index contributed by atoms with van der Waals surface area (Å²) in [7, 11) is 0. The maximum atomic E-state index is 12.3. The lowest BCUT2D eigenvalue weighted by Crippen LogP contribution is -2.45. The van der Waals surface area contributed by atoms with Gasteiger partial charge < -0.3 is 9.47 Å².